The highest BCUT2D eigenvalue weighted by Gasteiger charge is 2.23. The van der Waals surface area contributed by atoms with E-state index >= 15 is 0 Å². The molecule has 5 nitrogen and oxygen atoms in total. The van der Waals surface area contributed by atoms with Gasteiger partial charge in [-0.3, -0.25) is 0 Å². The molecule has 0 fully saturated rings. The van der Waals surface area contributed by atoms with E-state index in [0.717, 1.165) is 12.8 Å². The van der Waals surface area contributed by atoms with E-state index in [1.54, 1.807) is 4.90 Å². The number of aliphatic carboxylic acids is 1. The highest BCUT2D eigenvalue weighted by Crippen LogP contribution is 2.05. The van der Waals surface area contributed by atoms with Gasteiger partial charge in [0.05, 0.1) is 0 Å². The lowest BCUT2D eigenvalue weighted by atomic mass is 10.1. The van der Waals surface area contributed by atoms with Crippen LogP contribution in [0.25, 0.3) is 0 Å². The molecule has 0 aromatic carbocycles. The number of nitrogens with one attached hydrogen (secondary N) is 1. The maximum Gasteiger partial charge on any atom is 0.326 e. The summed E-state index contributed by atoms with van der Waals surface area (Å²) in [4.78, 5) is 24.5. The van der Waals surface area contributed by atoms with Gasteiger partial charge in [0.25, 0.3) is 0 Å². The number of carboxylic acid groups (broad SMARTS) is 1. The molecule has 0 aliphatic heterocycles. The van der Waals surface area contributed by atoms with Gasteiger partial charge in [0.15, 0.2) is 0 Å². The van der Waals surface area contributed by atoms with E-state index in [2.05, 4.69) is 5.32 Å². The van der Waals surface area contributed by atoms with Gasteiger partial charge in [-0.05, 0) is 26.7 Å². The maximum absolute atomic E-state index is 11.9. The summed E-state index contributed by atoms with van der Waals surface area (Å²) >= 11 is 0. The summed E-state index contributed by atoms with van der Waals surface area (Å²) in [6.07, 6.45) is 2.04. The minimum absolute atomic E-state index is 0.121. The van der Waals surface area contributed by atoms with Gasteiger partial charge in [0, 0.05) is 12.6 Å². The number of nitrogens with zero attached hydrogens (tertiary/aromatic N) is 1. The second-order valence-corrected chi connectivity index (χ2v) is 4.17. The number of rotatable bonds is 7. The van der Waals surface area contributed by atoms with Crippen LogP contribution >= 0.6 is 0 Å². The van der Waals surface area contributed by atoms with Crippen molar-refractivity contribution >= 4 is 12.0 Å². The lowest BCUT2D eigenvalue weighted by Crippen LogP contribution is -2.50. The summed E-state index contributed by atoms with van der Waals surface area (Å²) in [5.41, 5.74) is 0. The number of amides is 2. The van der Waals surface area contributed by atoms with Crippen LogP contribution in [0.2, 0.25) is 0 Å². The van der Waals surface area contributed by atoms with Crippen molar-refractivity contribution in [2.45, 2.75) is 59.0 Å². The summed E-state index contributed by atoms with van der Waals surface area (Å²) < 4.78 is 0. The van der Waals surface area contributed by atoms with Crippen LogP contribution in [0.1, 0.15) is 47.0 Å². The molecule has 0 saturated heterocycles. The molecule has 0 aromatic rings. The van der Waals surface area contributed by atoms with Crippen molar-refractivity contribution in [3.63, 3.8) is 0 Å². The zero-order valence-corrected chi connectivity index (χ0v) is 11.2. The monoisotopic (exact) mass is 244 g/mol. The molecule has 0 aliphatic rings. The first-order chi connectivity index (χ1) is 7.97. The molecule has 0 radical (unpaired) electrons. The van der Waals surface area contributed by atoms with E-state index in [9.17, 15) is 9.59 Å². The first kappa shape index (κ1) is 15.7. The van der Waals surface area contributed by atoms with Crippen LogP contribution in [-0.2, 0) is 4.79 Å². The van der Waals surface area contributed by atoms with Crippen LogP contribution in [0.5, 0.6) is 0 Å². The summed E-state index contributed by atoms with van der Waals surface area (Å²) in [5.74, 6) is -0.972. The molecule has 100 valence electrons. The van der Waals surface area contributed by atoms with Gasteiger partial charge < -0.3 is 15.3 Å². The molecule has 17 heavy (non-hydrogen) atoms. The molecule has 0 saturated carbocycles. The number of carbonyl (C=O) groups is 2. The molecule has 0 bridgehead atoms. The van der Waals surface area contributed by atoms with Crippen LogP contribution in [0.3, 0.4) is 0 Å². The van der Waals surface area contributed by atoms with E-state index in [1.807, 2.05) is 27.7 Å². The van der Waals surface area contributed by atoms with Crippen molar-refractivity contribution < 1.29 is 14.7 Å². The van der Waals surface area contributed by atoms with Gasteiger partial charge in [-0.1, -0.05) is 20.3 Å². The molecule has 1 unspecified atom stereocenters. The molecule has 0 heterocycles. The maximum atomic E-state index is 11.9. The quantitative estimate of drug-likeness (QED) is 0.720. The largest absolute Gasteiger partial charge is 0.480 e. The molecule has 0 aliphatic carbocycles. The zero-order chi connectivity index (χ0) is 13.4. The number of hydrogen-bond acceptors (Lipinski definition) is 2. The Bertz CT molecular complexity index is 256. The fraction of sp³-hybridized carbons (Fsp3) is 0.833. The third-order valence-electron chi connectivity index (χ3n) is 2.90. The second kappa shape index (κ2) is 7.92. The van der Waals surface area contributed by atoms with Gasteiger partial charge in [-0.2, -0.15) is 0 Å². The first-order valence-corrected chi connectivity index (χ1v) is 6.27. The van der Waals surface area contributed by atoms with Crippen LogP contribution < -0.4 is 5.32 Å². The third kappa shape index (κ3) is 5.06. The van der Waals surface area contributed by atoms with Crippen molar-refractivity contribution in [3.8, 4) is 0 Å². The molecule has 2 N–H and O–H groups in total. The zero-order valence-electron chi connectivity index (χ0n) is 11.2. The lowest BCUT2D eigenvalue weighted by molar-refractivity contribution is -0.139. The van der Waals surface area contributed by atoms with E-state index in [-0.39, 0.29) is 12.1 Å². The SMILES string of the molecule is CCC[C@@H](NC(=O)N(CC)C(C)CC)C(=O)O. The van der Waals surface area contributed by atoms with Gasteiger partial charge in [-0.25, -0.2) is 9.59 Å². The standard InChI is InChI=1S/C12H24N2O3/c1-5-8-10(11(15)16)13-12(17)14(7-3)9(4)6-2/h9-10H,5-8H2,1-4H3,(H,13,17)(H,15,16)/t9?,10-/m1/s1. The molecule has 0 aromatic heterocycles. The molecule has 0 spiro atoms. The Hall–Kier alpha value is -1.26. The fourth-order valence-corrected chi connectivity index (χ4v) is 1.65. The Morgan fingerprint density at radius 1 is 1.29 bits per heavy atom. The number of urea groups is 1. The molecular weight excluding hydrogens is 220 g/mol. The predicted octanol–water partition coefficient (Wildman–Crippen LogP) is 2.07. The molecule has 5 heteroatoms. The Balaban J connectivity index is 4.51. The predicted molar refractivity (Wildman–Crippen MR) is 67.0 cm³/mol. The van der Waals surface area contributed by atoms with Crippen molar-refractivity contribution in [2.24, 2.45) is 0 Å². The van der Waals surface area contributed by atoms with E-state index in [1.165, 1.54) is 0 Å². The van der Waals surface area contributed by atoms with Crippen molar-refractivity contribution in [1.29, 1.82) is 0 Å². The minimum Gasteiger partial charge on any atom is -0.480 e. The smallest absolute Gasteiger partial charge is 0.326 e. The Morgan fingerprint density at radius 3 is 2.24 bits per heavy atom. The van der Waals surface area contributed by atoms with Crippen LogP contribution in [0.4, 0.5) is 4.79 Å². The van der Waals surface area contributed by atoms with Gasteiger partial charge >= 0.3 is 12.0 Å². The first-order valence-electron chi connectivity index (χ1n) is 6.27. The summed E-state index contributed by atoms with van der Waals surface area (Å²) in [7, 11) is 0. The van der Waals surface area contributed by atoms with Crippen molar-refractivity contribution in [1.82, 2.24) is 10.2 Å². The molecule has 0 rings (SSSR count). The average Bonchev–Trinajstić information content (AvgIpc) is 2.28. The summed E-state index contributed by atoms with van der Waals surface area (Å²) in [6.45, 7) is 8.33. The average molecular weight is 244 g/mol. The summed E-state index contributed by atoms with van der Waals surface area (Å²) in [6, 6.07) is -0.954. The van der Waals surface area contributed by atoms with Crippen molar-refractivity contribution in [3.05, 3.63) is 0 Å². The van der Waals surface area contributed by atoms with Gasteiger partial charge in [0.1, 0.15) is 6.04 Å². The second-order valence-electron chi connectivity index (χ2n) is 4.17. The molecule has 2 atom stereocenters. The van der Waals surface area contributed by atoms with E-state index in [4.69, 9.17) is 5.11 Å². The Labute approximate surface area is 103 Å². The third-order valence-corrected chi connectivity index (χ3v) is 2.90. The van der Waals surface area contributed by atoms with E-state index in [0.29, 0.717) is 13.0 Å². The van der Waals surface area contributed by atoms with Gasteiger partial charge in [-0.15, -0.1) is 0 Å². The van der Waals surface area contributed by atoms with Gasteiger partial charge in [0.2, 0.25) is 0 Å². The number of carbonyl (C=O) groups excluding carboxylic acids is 1. The highest BCUT2D eigenvalue weighted by atomic mass is 16.4. The topological polar surface area (TPSA) is 69.6 Å². The number of carboxylic acids is 1. The lowest BCUT2D eigenvalue weighted by Gasteiger charge is -2.28. The van der Waals surface area contributed by atoms with Crippen LogP contribution in [0, 0.1) is 0 Å². The van der Waals surface area contributed by atoms with Crippen LogP contribution in [0.15, 0.2) is 0 Å². The molecular formula is C12H24N2O3. The number of hydrogen-bond donors (Lipinski definition) is 2. The van der Waals surface area contributed by atoms with Crippen molar-refractivity contribution in [2.75, 3.05) is 6.54 Å². The fourth-order valence-electron chi connectivity index (χ4n) is 1.65. The Kier molecular flexibility index (Phi) is 7.34. The normalized spacial score (nSPS) is 13.9. The molecule has 2 amide bonds. The Morgan fingerprint density at radius 2 is 1.88 bits per heavy atom. The minimum atomic E-state index is -0.972. The van der Waals surface area contributed by atoms with Crippen LogP contribution in [-0.4, -0.2) is 40.6 Å². The highest BCUT2D eigenvalue weighted by molar-refractivity contribution is 5.82. The summed E-state index contributed by atoms with van der Waals surface area (Å²) in [5, 5.41) is 11.5. The van der Waals surface area contributed by atoms with E-state index < -0.39 is 12.0 Å².